The summed E-state index contributed by atoms with van der Waals surface area (Å²) in [5.41, 5.74) is 0. The molecule has 0 aromatic carbocycles. The minimum Gasteiger partial charge on any atom is -0.351 e. The van der Waals surface area contributed by atoms with Crippen molar-refractivity contribution in [3.8, 4) is 0 Å². The molecule has 0 heterocycles. The molecule has 0 spiro atoms. The highest BCUT2D eigenvalue weighted by Gasteiger charge is 2.96. The number of hydrogen-bond donors (Lipinski definition) is 2. The lowest BCUT2D eigenvalue weighted by Gasteiger charge is -2.42. The van der Waals surface area contributed by atoms with Gasteiger partial charge in [-0.15, -0.1) is 0 Å². The first-order valence-electron chi connectivity index (χ1n) is 16.4. The second-order valence-electron chi connectivity index (χ2n) is 13.1. The lowest BCUT2D eigenvalue weighted by molar-refractivity contribution is -0.443. The van der Waals surface area contributed by atoms with Crippen molar-refractivity contribution in [1.82, 2.24) is 10.6 Å². The van der Waals surface area contributed by atoms with Crippen LogP contribution in [0.2, 0.25) is 0 Å². The van der Waals surface area contributed by atoms with Crippen molar-refractivity contribution >= 4 is 11.8 Å². The first-order chi connectivity index (χ1) is 27.9. The molecule has 0 fully saturated rings. The van der Waals surface area contributed by atoms with E-state index < -0.39 is 134 Å². The maximum Gasteiger partial charge on any atom is 0.392 e. The zero-order chi connectivity index (χ0) is 51.8. The molecular formula is C28H24F32N2O2. The van der Waals surface area contributed by atoms with Crippen LogP contribution in [0, 0.1) is 0 Å². The number of alkyl halides is 32. The zero-order valence-electron chi connectivity index (χ0n) is 30.1. The number of carbonyl (C=O) groups is 2. The second-order valence-corrected chi connectivity index (χ2v) is 13.1. The van der Waals surface area contributed by atoms with E-state index in [2.05, 4.69) is 0 Å². The molecule has 382 valence electrons. The van der Waals surface area contributed by atoms with E-state index in [9.17, 15) is 150 Å². The molecule has 0 aromatic rings. The van der Waals surface area contributed by atoms with Crippen molar-refractivity contribution in [2.75, 3.05) is 13.1 Å². The van der Waals surface area contributed by atoms with Crippen molar-refractivity contribution < 1.29 is 150 Å². The third kappa shape index (κ3) is 9.46. The van der Waals surface area contributed by atoms with Gasteiger partial charge in [-0.1, -0.05) is 38.5 Å². The van der Waals surface area contributed by atoms with Crippen LogP contribution in [0.1, 0.15) is 51.4 Å². The van der Waals surface area contributed by atoms with E-state index >= 15 is 0 Å². The van der Waals surface area contributed by atoms with Gasteiger partial charge in [-0.3, -0.25) is 9.59 Å². The van der Waals surface area contributed by atoms with Crippen LogP contribution in [0.5, 0.6) is 0 Å². The van der Waals surface area contributed by atoms with Gasteiger partial charge in [-0.25, -0.2) is 17.6 Å². The predicted octanol–water partition coefficient (Wildman–Crippen LogP) is 11.8. The predicted molar refractivity (Wildman–Crippen MR) is 144 cm³/mol. The van der Waals surface area contributed by atoms with Crippen LogP contribution in [0.3, 0.4) is 0 Å². The highest BCUT2D eigenvalue weighted by molar-refractivity contribution is 5.85. The maximum absolute atomic E-state index is 13.9. The smallest absolute Gasteiger partial charge is 0.351 e. The molecule has 0 aliphatic heterocycles. The van der Waals surface area contributed by atoms with E-state index in [1.807, 2.05) is 0 Å². The van der Waals surface area contributed by atoms with E-state index in [1.165, 1.54) is 0 Å². The van der Waals surface area contributed by atoms with Crippen LogP contribution < -0.4 is 10.6 Å². The third-order valence-corrected chi connectivity index (χ3v) is 8.57. The Labute approximate surface area is 333 Å². The Kier molecular flexibility index (Phi) is 17.8. The monoisotopic (exact) mass is 1030 g/mol. The quantitative estimate of drug-likeness (QED) is 0.0636. The number of hydrogen-bond acceptors (Lipinski definition) is 2. The summed E-state index contributed by atoms with van der Waals surface area (Å²) in [5.74, 6) is -122. The number of unbranched alkanes of at least 4 members (excludes halogenated alkanes) is 7. The normalized spacial score (nSPS) is 15.6. The van der Waals surface area contributed by atoms with Crippen LogP contribution >= 0.6 is 0 Å². The Morgan fingerprint density at radius 3 is 0.656 bits per heavy atom. The molecule has 36 heteroatoms. The molecule has 0 atom stereocenters. The highest BCUT2D eigenvalue weighted by atomic mass is 19.4. The molecule has 0 saturated heterocycles. The van der Waals surface area contributed by atoms with Gasteiger partial charge in [0.2, 0.25) is 0 Å². The molecule has 2 N–H and O–H groups in total. The van der Waals surface area contributed by atoms with Crippen LogP contribution in [0.25, 0.3) is 0 Å². The third-order valence-electron chi connectivity index (χ3n) is 8.57. The van der Waals surface area contributed by atoms with E-state index in [4.69, 9.17) is 0 Å². The summed E-state index contributed by atoms with van der Waals surface area (Å²) in [6, 6.07) is 0. The van der Waals surface area contributed by atoms with Crippen molar-refractivity contribution in [3.63, 3.8) is 0 Å². The van der Waals surface area contributed by atoms with Crippen LogP contribution in [-0.2, 0) is 9.59 Å². The Morgan fingerprint density at radius 1 is 0.281 bits per heavy atom. The van der Waals surface area contributed by atoms with Crippen LogP contribution in [-0.4, -0.2) is 121 Å². The van der Waals surface area contributed by atoms with Gasteiger partial charge in [0, 0.05) is 13.1 Å². The number of rotatable bonds is 27. The minimum absolute atomic E-state index is 0.0419. The summed E-state index contributed by atoms with van der Waals surface area (Å²) < 4.78 is 428. The van der Waals surface area contributed by atoms with E-state index in [0.717, 1.165) is 10.6 Å². The van der Waals surface area contributed by atoms with Gasteiger partial charge < -0.3 is 10.6 Å². The summed E-state index contributed by atoms with van der Waals surface area (Å²) in [5, 5.41) is 1.44. The van der Waals surface area contributed by atoms with E-state index in [0.29, 0.717) is 0 Å². The summed E-state index contributed by atoms with van der Waals surface area (Å²) in [6.45, 7) is -2.59. The van der Waals surface area contributed by atoms with Gasteiger partial charge >= 0.3 is 95.8 Å². The van der Waals surface area contributed by atoms with Gasteiger partial charge in [0.1, 0.15) is 0 Å². The summed E-state index contributed by atoms with van der Waals surface area (Å²) in [4.78, 5) is 22.9. The van der Waals surface area contributed by atoms with E-state index in [1.54, 1.807) is 0 Å². The molecule has 0 aliphatic carbocycles. The molecule has 0 aromatic heterocycles. The van der Waals surface area contributed by atoms with Gasteiger partial charge in [-0.05, 0) is 12.8 Å². The number of amides is 2. The maximum atomic E-state index is 13.9. The molecule has 0 saturated carbocycles. The average Bonchev–Trinajstić information content (AvgIpc) is 3.13. The molecule has 0 aliphatic rings. The number of nitrogens with one attached hydrogen (secondary N) is 2. The topological polar surface area (TPSA) is 58.2 Å². The molecule has 0 unspecified atom stereocenters. The molecule has 4 nitrogen and oxygen atoms in total. The second kappa shape index (κ2) is 18.8. The van der Waals surface area contributed by atoms with Crippen molar-refractivity contribution in [2.45, 2.75) is 147 Å². The van der Waals surface area contributed by atoms with Gasteiger partial charge in [0.15, 0.2) is 0 Å². The standard InChI is InChI=1S/C28H24F32N2O2/c29-11(30)15(33,34)19(41,42)23(49,50)27(57,58)25(53,54)21(45,46)17(37,38)13(63)61-9-7-5-3-1-2-4-6-8-10-62-14(64)18(39,40)22(47,48)26(55,56)28(59,60)24(51,52)20(43,44)16(35,36)12(31)32/h11-12H,1-10H2,(H,61,63)(H,62,64). The van der Waals surface area contributed by atoms with Gasteiger partial charge in [-0.2, -0.15) is 123 Å². The first kappa shape index (κ1) is 60.7. The van der Waals surface area contributed by atoms with Crippen molar-refractivity contribution in [3.05, 3.63) is 0 Å². The summed E-state index contributed by atoms with van der Waals surface area (Å²) in [7, 11) is 0. The fourth-order valence-corrected chi connectivity index (χ4v) is 4.49. The Balaban J connectivity index is 5.23. The molecule has 0 bridgehead atoms. The molecule has 0 radical (unpaired) electrons. The largest absolute Gasteiger partial charge is 0.392 e. The SMILES string of the molecule is O=C(NCCCCCCCCCCNC(=O)C(F)(F)C(F)(F)C(F)(F)C(F)(F)C(F)(F)C(F)(F)C(F)(F)C(F)F)C(F)(F)C(F)(F)C(F)(F)C(F)(F)C(F)(F)C(F)(F)C(F)(F)C(F)F. The fraction of sp³-hybridized carbons (Fsp3) is 0.929. The fourth-order valence-electron chi connectivity index (χ4n) is 4.49. The summed E-state index contributed by atoms with van der Waals surface area (Å²) >= 11 is 0. The van der Waals surface area contributed by atoms with E-state index in [-0.39, 0.29) is 38.5 Å². The average molecular weight is 1030 g/mol. The molecule has 64 heavy (non-hydrogen) atoms. The lowest BCUT2D eigenvalue weighted by atomic mass is 9.89. The van der Waals surface area contributed by atoms with Crippen molar-refractivity contribution in [1.29, 1.82) is 0 Å². The van der Waals surface area contributed by atoms with Crippen molar-refractivity contribution in [2.24, 2.45) is 0 Å². The Morgan fingerprint density at radius 2 is 0.453 bits per heavy atom. The summed E-state index contributed by atoms with van der Waals surface area (Å²) in [6.07, 6.45) is -14.4. The van der Waals surface area contributed by atoms with Crippen LogP contribution in [0.15, 0.2) is 0 Å². The first-order valence-corrected chi connectivity index (χ1v) is 16.4. The zero-order valence-corrected chi connectivity index (χ0v) is 30.1. The number of carbonyl (C=O) groups excluding carboxylic acids is 2. The Bertz CT molecular complexity index is 1460. The highest BCUT2D eigenvalue weighted by Crippen LogP contribution is 2.64. The lowest BCUT2D eigenvalue weighted by Crippen LogP contribution is -2.74. The van der Waals surface area contributed by atoms with Gasteiger partial charge in [0.25, 0.3) is 11.8 Å². The van der Waals surface area contributed by atoms with Gasteiger partial charge in [0.05, 0.1) is 0 Å². The Hall–Kier alpha value is -3.30. The molecular weight excluding hydrogens is 1000 g/mol. The van der Waals surface area contributed by atoms with Crippen LogP contribution in [0.4, 0.5) is 140 Å². The number of halogens is 32. The minimum atomic E-state index is -8.73. The molecule has 0 rings (SSSR count). The molecule has 2 amide bonds.